The van der Waals surface area contributed by atoms with E-state index >= 15 is 0 Å². The Kier molecular flexibility index (Phi) is 2.78. The minimum atomic E-state index is -0.694. The van der Waals surface area contributed by atoms with E-state index in [1.807, 2.05) is 37.4 Å². The van der Waals surface area contributed by atoms with Crippen LogP contribution in [-0.4, -0.2) is 47.4 Å². The van der Waals surface area contributed by atoms with E-state index in [4.69, 9.17) is 0 Å². The molecule has 2 fully saturated rings. The largest absolute Gasteiger partial charge is 0.325 e. The lowest BCUT2D eigenvalue weighted by Gasteiger charge is -2.20. The molecule has 3 amide bonds. The number of nitrogens with one attached hydrogen (secondary N) is 1. The number of likely N-dealkylation sites (N-methyl/N-ethyl adjacent to an activating group) is 1. The van der Waals surface area contributed by atoms with Gasteiger partial charge < -0.3 is 10.2 Å². The Hall–Kier alpha value is -1.88. The lowest BCUT2D eigenvalue weighted by atomic mass is 9.99. The number of hydrogen-bond donors (Lipinski definition) is 1. The molecule has 1 atom stereocenters. The van der Waals surface area contributed by atoms with E-state index in [0.29, 0.717) is 19.5 Å². The lowest BCUT2D eigenvalue weighted by Crippen LogP contribution is -2.48. The first-order valence-corrected chi connectivity index (χ1v) is 6.47. The summed E-state index contributed by atoms with van der Waals surface area (Å²) >= 11 is 0. The van der Waals surface area contributed by atoms with Crippen LogP contribution in [0.15, 0.2) is 30.3 Å². The topological polar surface area (TPSA) is 52.7 Å². The van der Waals surface area contributed by atoms with E-state index in [0.717, 1.165) is 12.1 Å². The van der Waals surface area contributed by atoms with Crippen LogP contribution in [0.4, 0.5) is 4.79 Å². The summed E-state index contributed by atoms with van der Waals surface area (Å²) in [6.45, 7) is 1.78. The number of urea groups is 1. The molecule has 2 saturated heterocycles. The predicted octanol–water partition coefficient (Wildman–Crippen LogP) is 0.813. The molecule has 5 heteroatoms. The van der Waals surface area contributed by atoms with E-state index in [1.54, 1.807) is 0 Å². The zero-order valence-corrected chi connectivity index (χ0v) is 10.9. The van der Waals surface area contributed by atoms with Gasteiger partial charge in [-0.25, -0.2) is 4.79 Å². The number of nitrogens with zero attached hydrogens (tertiary/aromatic N) is 2. The zero-order chi connectivity index (χ0) is 13.5. The van der Waals surface area contributed by atoms with Crippen LogP contribution in [0.3, 0.4) is 0 Å². The average molecular weight is 259 g/mol. The molecule has 100 valence electrons. The van der Waals surface area contributed by atoms with Gasteiger partial charge in [-0.2, -0.15) is 0 Å². The first kappa shape index (κ1) is 12.2. The van der Waals surface area contributed by atoms with Crippen LogP contribution in [0.1, 0.15) is 12.0 Å². The third kappa shape index (κ3) is 2.00. The highest BCUT2D eigenvalue weighted by Crippen LogP contribution is 2.28. The van der Waals surface area contributed by atoms with Gasteiger partial charge in [-0.05, 0) is 19.0 Å². The maximum Gasteiger partial charge on any atom is 0.325 e. The number of carbonyl (C=O) groups is 2. The van der Waals surface area contributed by atoms with Crippen LogP contribution in [-0.2, 0) is 11.3 Å². The molecule has 2 heterocycles. The summed E-state index contributed by atoms with van der Waals surface area (Å²) in [5.41, 5.74) is 0.273. The third-order valence-electron chi connectivity index (χ3n) is 3.89. The van der Waals surface area contributed by atoms with E-state index in [1.165, 1.54) is 4.90 Å². The molecule has 1 N–H and O–H groups in total. The highest BCUT2D eigenvalue weighted by Gasteiger charge is 2.53. The Labute approximate surface area is 112 Å². The van der Waals surface area contributed by atoms with Gasteiger partial charge in [0.05, 0.1) is 6.54 Å². The highest BCUT2D eigenvalue weighted by atomic mass is 16.2. The summed E-state index contributed by atoms with van der Waals surface area (Å²) in [5.74, 6) is -0.0919. The molecule has 2 aliphatic heterocycles. The number of carbonyl (C=O) groups excluding carboxylic acids is 2. The second-order valence-electron chi connectivity index (χ2n) is 5.38. The Morgan fingerprint density at radius 2 is 2.00 bits per heavy atom. The van der Waals surface area contributed by atoms with Crippen molar-refractivity contribution in [1.82, 2.24) is 15.1 Å². The summed E-state index contributed by atoms with van der Waals surface area (Å²) < 4.78 is 0. The maximum atomic E-state index is 12.5. The van der Waals surface area contributed by atoms with Gasteiger partial charge in [-0.1, -0.05) is 30.3 Å². The van der Waals surface area contributed by atoms with Crippen LogP contribution in [0.2, 0.25) is 0 Å². The van der Waals surface area contributed by atoms with Crippen molar-refractivity contribution >= 4 is 11.9 Å². The molecule has 19 heavy (non-hydrogen) atoms. The van der Waals surface area contributed by atoms with Crippen molar-refractivity contribution in [3.8, 4) is 0 Å². The Morgan fingerprint density at radius 3 is 2.63 bits per heavy atom. The molecule has 3 rings (SSSR count). The summed E-state index contributed by atoms with van der Waals surface area (Å²) in [5, 5.41) is 2.88. The number of imide groups is 1. The summed E-state index contributed by atoms with van der Waals surface area (Å²) in [4.78, 5) is 27.9. The smallest absolute Gasteiger partial charge is 0.322 e. The second kappa shape index (κ2) is 4.35. The van der Waals surface area contributed by atoms with E-state index < -0.39 is 5.54 Å². The first-order chi connectivity index (χ1) is 9.11. The van der Waals surface area contributed by atoms with Gasteiger partial charge in [0, 0.05) is 13.1 Å². The van der Waals surface area contributed by atoms with Crippen LogP contribution in [0.25, 0.3) is 0 Å². The number of amides is 3. The molecule has 0 saturated carbocycles. The molecule has 5 nitrogen and oxygen atoms in total. The van der Waals surface area contributed by atoms with E-state index in [9.17, 15) is 9.59 Å². The maximum absolute atomic E-state index is 12.5. The SMILES string of the molecule is CN1CCC2(C1)NC(=O)N(Cc1ccccc1)C2=O. The number of benzene rings is 1. The average Bonchev–Trinajstić information content (AvgIpc) is 2.87. The molecule has 0 aliphatic carbocycles. The molecule has 1 unspecified atom stereocenters. The molecular weight excluding hydrogens is 242 g/mol. The van der Waals surface area contributed by atoms with Crippen molar-refractivity contribution in [1.29, 1.82) is 0 Å². The Bertz CT molecular complexity index is 517. The number of likely N-dealkylation sites (tertiary alicyclic amines) is 1. The Morgan fingerprint density at radius 1 is 1.26 bits per heavy atom. The molecule has 2 aliphatic rings. The molecular formula is C14H17N3O2. The van der Waals surface area contributed by atoms with Crippen LogP contribution < -0.4 is 5.32 Å². The van der Waals surface area contributed by atoms with E-state index in [2.05, 4.69) is 10.2 Å². The number of rotatable bonds is 2. The highest BCUT2D eigenvalue weighted by molar-refractivity contribution is 6.07. The van der Waals surface area contributed by atoms with Gasteiger partial charge >= 0.3 is 6.03 Å². The van der Waals surface area contributed by atoms with Crippen molar-refractivity contribution < 1.29 is 9.59 Å². The third-order valence-corrected chi connectivity index (χ3v) is 3.89. The fourth-order valence-corrected chi connectivity index (χ4v) is 2.86. The van der Waals surface area contributed by atoms with Crippen LogP contribution >= 0.6 is 0 Å². The monoisotopic (exact) mass is 259 g/mol. The fraction of sp³-hybridized carbons (Fsp3) is 0.429. The lowest BCUT2D eigenvalue weighted by molar-refractivity contribution is -0.131. The summed E-state index contributed by atoms with van der Waals surface area (Å²) in [7, 11) is 1.97. The van der Waals surface area contributed by atoms with Gasteiger partial charge in [-0.15, -0.1) is 0 Å². The van der Waals surface area contributed by atoms with Gasteiger partial charge in [-0.3, -0.25) is 9.69 Å². The predicted molar refractivity (Wildman–Crippen MR) is 70.4 cm³/mol. The molecule has 1 aromatic rings. The van der Waals surface area contributed by atoms with Crippen LogP contribution in [0.5, 0.6) is 0 Å². The number of hydrogen-bond acceptors (Lipinski definition) is 3. The van der Waals surface area contributed by atoms with Gasteiger partial charge in [0.2, 0.25) is 0 Å². The Balaban J connectivity index is 1.80. The van der Waals surface area contributed by atoms with Gasteiger partial charge in [0.15, 0.2) is 0 Å². The van der Waals surface area contributed by atoms with Crippen molar-refractivity contribution in [2.24, 2.45) is 0 Å². The van der Waals surface area contributed by atoms with Gasteiger partial charge in [0.25, 0.3) is 5.91 Å². The van der Waals surface area contributed by atoms with Gasteiger partial charge in [0.1, 0.15) is 5.54 Å². The fourth-order valence-electron chi connectivity index (χ4n) is 2.86. The second-order valence-corrected chi connectivity index (χ2v) is 5.38. The molecule has 0 aromatic heterocycles. The van der Waals surface area contributed by atoms with Crippen molar-refractivity contribution in [3.05, 3.63) is 35.9 Å². The zero-order valence-electron chi connectivity index (χ0n) is 10.9. The van der Waals surface area contributed by atoms with Crippen molar-refractivity contribution in [2.75, 3.05) is 20.1 Å². The summed E-state index contributed by atoms with van der Waals surface area (Å²) in [6, 6.07) is 9.31. The van der Waals surface area contributed by atoms with E-state index in [-0.39, 0.29) is 11.9 Å². The quantitative estimate of drug-likeness (QED) is 0.800. The van der Waals surface area contributed by atoms with Crippen molar-refractivity contribution in [3.63, 3.8) is 0 Å². The molecule has 1 aromatic carbocycles. The minimum absolute atomic E-state index is 0.0919. The molecule has 1 spiro atoms. The van der Waals surface area contributed by atoms with Crippen molar-refractivity contribution in [2.45, 2.75) is 18.5 Å². The molecule has 0 radical (unpaired) electrons. The molecule has 0 bridgehead atoms. The first-order valence-electron chi connectivity index (χ1n) is 6.47. The standard InChI is InChI=1S/C14H17N3O2/c1-16-8-7-14(10-16)12(18)17(13(19)15-14)9-11-5-3-2-4-6-11/h2-6H,7-10H2,1H3,(H,15,19). The summed E-state index contributed by atoms with van der Waals surface area (Å²) in [6.07, 6.45) is 0.694. The normalized spacial score (nSPS) is 27.3. The minimum Gasteiger partial charge on any atom is -0.322 e. The van der Waals surface area contributed by atoms with Crippen LogP contribution in [0, 0.1) is 0 Å².